The molecule has 1 N–H and O–H groups in total. The van der Waals surface area contributed by atoms with Crippen LogP contribution in [0.3, 0.4) is 0 Å². The quantitative estimate of drug-likeness (QED) is 0.724. The summed E-state index contributed by atoms with van der Waals surface area (Å²) in [4.78, 5) is 22.0. The van der Waals surface area contributed by atoms with E-state index in [1.165, 1.54) is 38.5 Å². The number of hydrogen-bond donors (Lipinski definition) is 1. The smallest absolute Gasteiger partial charge is 0.253 e. The summed E-state index contributed by atoms with van der Waals surface area (Å²) < 4.78 is 1.91. The Kier molecular flexibility index (Phi) is 3.80. The number of benzene rings is 1. The van der Waals surface area contributed by atoms with Crippen LogP contribution in [0, 0.1) is 23.2 Å². The first-order valence-corrected chi connectivity index (χ1v) is 10.8. The van der Waals surface area contributed by atoms with Gasteiger partial charge in [-0.25, -0.2) is 9.97 Å². The van der Waals surface area contributed by atoms with Crippen molar-refractivity contribution >= 4 is 16.8 Å². The van der Waals surface area contributed by atoms with Gasteiger partial charge in [0.15, 0.2) is 0 Å². The number of nitrogens with one attached hydrogen (secondary N) is 1. The Balaban J connectivity index is 1.28. The highest BCUT2D eigenvalue weighted by Gasteiger charge is 2.50. The molecular formula is C24H26N4O. The van der Waals surface area contributed by atoms with Gasteiger partial charge in [0, 0.05) is 30.5 Å². The fourth-order valence-electron chi connectivity index (χ4n) is 6.81. The van der Waals surface area contributed by atoms with E-state index in [0.717, 1.165) is 35.2 Å². The number of para-hydroxylation sites is 1. The Hall–Kier alpha value is -2.69. The van der Waals surface area contributed by atoms with E-state index in [-0.39, 0.29) is 5.91 Å². The molecule has 2 aromatic heterocycles. The first-order chi connectivity index (χ1) is 14.2. The maximum atomic E-state index is 13.2. The molecule has 5 nitrogen and oxygen atoms in total. The number of carbonyl (C=O) groups excluding carboxylic acids is 1. The molecule has 4 fully saturated rings. The van der Waals surface area contributed by atoms with E-state index in [1.54, 1.807) is 18.5 Å². The molecule has 0 unspecified atom stereocenters. The molecule has 0 atom stereocenters. The molecule has 2 heterocycles. The number of carbonyl (C=O) groups is 1. The summed E-state index contributed by atoms with van der Waals surface area (Å²) in [6.07, 6.45) is 13.5. The standard InChI is InChI=1S/C24H26N4O/c29-22(27-15-24-11-16-8-17(12-24)10-18(9-16)13-24)20-14-28(23-25-6-3-7-26-23)21-5-2-1-4-19(20)21/h1-7,14,16-18H,8-13,15H2,(H,27,29). The number of aromatic nitrogens is 3. The minimum absolute atomic E-state index is 0.0200. The highest BCUT2D eigenvalue weighted by Crippen LogP contribution is 2.59. The average molecular weight is 386 g/mol. The predicted octanol–water partition coefficient (Wildman–Crippen LogP) is 4.37. The van der Waals surface area contributed by atoms with Gasteiger partial charge in [0.05, 0.1) is 11.1 Å². The molecule has 7 rings (SSSR count). The Morgan fingerprint density at radius 3 is 2.34 bits per heavy atom. The van der Waals surface area contributed by atoms with Gasteiger partial charge in [-0.15, -0.1) is 0 Å². The van der Waals surface area contributed by atoms with Crippen LogP contribution in [0.5, 0.6) is 0 Å². The lowest BCUT2D eigenvalue weighted by Gasteiger charge is -2.56. The van der Waals surface area contributed by atoms with E-state index >= 15 is 0 Å². The summed E-state index contributed by atoms with van der Waals surface area (Å²) >= 11 is 0. The normalized spacial score (nSPS) is 30.0. The lowest BCUT2D eigenvalue weighted by Crippen LogP contribution is -2.51. The third-order valence-electron chi connectivity index (χ3n) is 7.51. The number of hydrogen-bond acceptors (Lipinski definition) is 3. The van der Waals surface area contributed by atoms with Crippen molar-refractivity contribution in [3.8, 4) is 5.95 Å². The topological polar surface area (TPSA) is 59.8 Å². The van der Waals surface area contributed by atoms with E-state index in [9.17, 15) is 4.79 Å². The average Bonchev–Trinajstić information content (AvgIpc) is 3.12. The van der Waals surface area contributed by atoms with Crippen molar-refractivity contribution < 1.29 is 4.79 Å². The van der Waals surface area contributed by atoms with Crippen molar-refractivity contribution in [3.63, 3.8) is 0 Å². The van der Waals surface area contributed by atoms with Crippen LogP contribution in [0.1, 0.15) is 48.9 Å². The highest BCUT2D eigenvalue weighted by atomic mass is 16.1. The summed E-state index contributed by atoms with van der Waals surface area (Å²) in [6.45, 7) is 0.816. The molecule has 29 heavy (non-hydrogen) atoms. The van der Waals surface area contributed by atoms with Gasteiger partial charge in [-0.1, -0.05) is 18.2 Å². The van der Waals surface area contributed by atoms with Crippen molar-refractivity contribution in [3.05, 3.63) is 54.5 Å². The lowest BCUT2D eigenvalue weighted by molar-refractivity contribution is -0.0503. The molecule has 4 aliphatic carbocycles. The van der Waals surface area contributed by atoms with Crippen molar-refractivity contribution in [1.82, 2.24) is 19.9 Å². The molecule has 0 radical (unpaired) electrons. The SMILES string of the molecule is O=C(NCC12CC3CC(CC(C3)C1)C2)c1cn(-c2ncccn2)c2ccccc12. The van der Waals surface area contributed by atoms with Gasteiger partial charge in [0.25, 0.3) is 5.91 Å². The van der Waals surface area contributed by atoms with E-state index in [0.29, 0.717) is 16.9 Å². The van der Waals surface area contributed by atoms with Gasteiger partial charge in [-0.3, -0.25) is 9.36 Å². The lowest BCUT2D eigenvalue weighted by atomic mass is 9.49. The second kappa shape index (κ2) is 6.41. The van der Waals surface area contributed by atoms with Crippen molar-refractivity contribution in [2.75, 3.05) is 6.54 Å². The first kappa shape index (κ1) is 17.2. The molecule has 0 spiro atoms. The Labute approximate surface area is 170 Å². The summed E-state index contributed by atoms with van der Waals surface area (Å²) in [5, 5.41) is 4.27. The van der Waals surface area contributed by atoms with E-state index < -0.39 is 0 Å². The molecule has 4 aliphatic rings. The van der Waals surface area contributed by atoms with Crippen LogP contribution >= 0.6 is 0 Å². The molecule has 4 bridgehead atoms. The minimum atomic E-state index is 0.0200. The Morgan fingerprint density at radius 1 is 1.00 bits per heavy atom. The Morgan fingerprint density at radius 2 is 1.66 bits per heavy atom. The van der Waals surface area contributed by atoms with Gasteiger partial charge in [0.2, 0.25) is 5.95 Å². The van der Waals surface area contributed by atoms with Gasteiger partial charge in [-0.2, -0.15) is 0 Å². The van der Waals surface area contributed by atoms with E-state index in [4.69, 9.17) is 0 Å². The summed E-state index contributed by atoms with van der Waals surface area (Å²) in [5.41, 5.74) is 2.00. The van der Waals surface area contributed by atoms with E-state index in [1.807, 2.05) is 35.0 Å². The second-order valence-electron chi connectivity index (χ2n) is 9.58. The van der Waals surface area contributed by atoms with Crippen LogP contribution in [0.2, 0.25) is 0 Å². The summed E-state index contributed by atoms with van der Waals surface area (Å²) in [5.74, 6) is 3.30. The molecule has 3 aromatic rings. The van der Waals surface area contributed by atoms with Gasteiger partial charge < -0.3 is 5.32 Å². The second-order valence-corrected chi connectivity index (χ2v) is 9.58. The Bertz CT molecular complexity index is 1040. The van der Waals surface area contributed by atoms with Gasteiger partial charge in [0.1, 0.15) is 0 Å². The van der Waals surface area contributed by atoms with Crippen LogP contribution in [-0.2, 0) is 0 Å². The predicted molar refractivity (Wildman–Crippen MR) is 112 cm³/mol. The zero-order valence-corrected chi connectivity index (χ0v) is 16.6. The number of fused-ring (bicyclic) bond motifs is 1. The largest absolute Gasteiger partial charge is 0.351 e. The molecule has 5 heteroatoms. The molecule has 4 saturated carbocycles. The molecule has 1 amide bonds. The van der Waals surface area contributed by atoms with Gasteiger partial charge >= 0.3 is 0 Å². The van der Waals surface area contributed by atoms with Crippen molar-refractivity contribution in [2.24, 2.45) is 23.2 Å². The fourth-order valence-corrected chi connectivity index (χ4v) is 6.81. The van der Waals surface area contributed by atoms with Crippen molar-refractivity contribution in [2.45, 2.75) is 38.5 Å². The maximum Gasteiger partial charge on any atom is 0.253 e. The first-order valence-electron chi connectivity index (χ1n) is 10.8. The molecule has 148 valence electrons. The monoisotopic (exact) mass is 386 g/mol. The maximum absolute atomic E-state index is 13.2. The van der Waals surface area contributed by atoms with Crippen LogP contribution in [0.25, 0.3) is 16.9 Å². The van der Waals surface area contributed by atoms with Crippen molar-refractivity contribution in [1.29, 1.82) is 0 Å². The minimum Gasteiger partial charge on any atom is -0.351 e. The third-order valence-corrected chi connectivity index (χ3v) is 7.51. The molecule has 0 saturated heterocycles. The number of nitrogens with zero attached hydrogens (tertiary/aromatic N) is 3. The van der Waals surface area contributed by atoms with Crippen LogP contribution in [0.4, 0.5) is 0 Å². The number of rotatable bonds is 4. The van der Waals surface area contributed by atoms with Crippen LogP contribution < -0.4 is 5.32 Å². The van der Waals surface area contributed by atoms with Crippen LogP contribution in [-0.4, -0.2) is 27.0 Å². The molecule has 0 aliphatic heterocycles. The molecule has 1 aromatic carbocycles. The zero-order chi connectivity index (χ0) is 19.4. The third kappa shape index (κ3) is 2.86. The number of amides is 1. The van der Waals surface area contributed by atoms with Gasteiger partial charge in [-0.05, 0) is 73.8 Å². The van der Waals surface area contributed by atoms with E-state index in [2.05, 4.69) is 15.3 Å². The summed E-state index contributed by atoms with van der Waals surface area (Å²) in [7, 11) is 0. The fraction of sp³-hybridized carbons (Fsp3) is 0.458. The summed E-state index contributed by atoms with van der Waals surface area (Å²) in [6, 6.07) is 9.79. The zero-order valence-electron chi connectivity index (χ0n) is 16.6. The molecular weight excluding hydrogens is 360 g/mol. The highest BCUT2D eigenvalue weighted by molar-refractivity contribution is 6.07. The van der Waals surface area contributed by atoms with Crippen LogP contribution in [0.15, 0.2) is 48.9 Å².